The summed E-state index contributed by atoms with van der Waals surface area (Å²) >= 11 is 0. The van der Waals surface area contributed by atoms with Gasteiger partial charge in [-0.3, -0.25) is 9.59 Å². The van der Waals surface area contributed by atoms with Crippen molar-refractivity contribution in [2.75, 3.05) is 11.9 Å². The lowest BCUT2D eigenvalue weighted by molar-refractivity contribution is -0.132. The van der Waals surface area contributed by atoms with Crippen LogP contribution in [-0.4, -0.2) is 29.4 Å². The van der Waals surface area contributed by atoms with E-state index in [9.17, 15) is 9.59 Å². The number of aryl methyl sites for hydroxylation is 1. The van der Waals surface area contributed by atoms with Gasteiger partial charge in [0, 0.05) is 31.1 Å². The van der Waals surface area contributed by atoms with Crippen molar-refractivity contribution in [3.8, 4) is 5.75 Å². The Bertz CT molecular complexity index is 846. The van der Waals surface area contributed by atoms with Gasteiger partial charge in [0.05, 0.1) is 6.61 Å². The number of amides is 2. The van der Waals surface area contributed by atoms with E-state index in [1.54, 1.807) is 0 Å². The maximum atomic E-state index is 12.7. The number of hydrogen-bond donors (Lipinski definition) is 1. The fourth-order valence-electron chi connectivity index (χ4n) is 3.59. The fourth-order valence-corrected chi connectivity index (χ4v) is 3.59. The zero-order chi connectivity index (χ0) is 19.3. The van der Waals surface area contributed by atoms with E-state index in [4.69, 9.17) is 4.74 Å². The van der Waals surface area contributed by atoms with Gasteiger partial charge in [-0.25, -0.2) is 0 Å². The number of anilines is 1. The predicted molar refractivity (Wildman–Crippen MR) is 108 cm³/mol. The fraction of sp³-hybridized carbons (Fsp3) is 0.391. The molecule has 1 heterocycles. The first-order valence-electron chi connectivity index (χ1n) is 10.1. The topological polar surface area (TPSA) is 58.6 Å². The molecule has 28 heavy (non-hydrogen) atoms. The van der Waals surface area contributed by atoms with Crippen LogP contribution in [0.3, 0.4) is 0 Å². The molecule has 0 aromatic heterocycles. The molecule has 1 N–H and O–H groups in total. The van der Waals surface area contributed by atoms with Gasteiger partial charge in [0.25, 0.3) is 0 Å². The maximum absolute atomic E-state index is 12.7. The number of fused-ring (bicyclic) bond motifs is 1. The molecular weight excluding hydrogens is 352 g/mol. The average molecular weight is 378 g/mol. The van der Waals surface area contributed by atoms with Crippen molar-refractivity contribution in [2.24, 2.45) is 0 Å². The molecule has 0 saturated heterocycles. The first kappa shape index (κ1) is 18.5. The molecule has 5 heteroatoms. The van der Waals surface area contributed by atoms with E-state index in [0.29, 0.717) is 38.5 Å². The Morgan fingerprint density at radius 1 is 1.11 bits per heavy atom. The minimum Gasteiger partial charge on any atom is -0.494 e. The Kier molecular flexibility index (Phi) is 5.60. The van der Waals surface area contributed by atoms with E-state index < -0.39 is 0 Å². The minimum atomic E-state index is 0.0652. The summed E-state index contributed by atoms with van der Waals surface area (Å²) in [6.07, 6.45) is 4.69. The molecule has 2 aliphatic rings. The number of nitrogens with zero attached hydrogens (tertiary/aromatic N) is 1. The highest BCUT2D eigenvalue weighted by atomic mass is 16.5. The molecule has 0 bridgehead atoms. The lowest BCUT2D eigenvalue weighted by Crippen LogP contribution is -2.32. The lowest BCUT2D eigenvalue weighted by Gasteiger charge is -2.23. The third kappa shape index (κ3) is 4.71. The SMILES string of the molecule is O=C1CCc2cc(OCCCC(=O)N(Cc3ccccc3)C3CC3)ccc2N1. The molecule has 0 radical (unpaired) electrons. The van der Waals surface area contributed by atoms with E-state index in [1.165, 1.54) is 5.56 Å². The molecule has 4 rings (SSSR count). The highest BCUT2D eigenvalue weighted by Crippen LogP contribution is 2.29. The van der Waals surface area contributed by atoms with Crippen LogP contribution in [0.15, 0.2) is 48.5 Å². The number of hydrogen-bond acceptors (Lipinski definition) is 3. The van der Waals surface area contributed by atoms with Gasteiger partial charge in [0.2, 0.25) is 11.8 Å². The Hall–Kier alpha value is -2.82. The summed E-state index contributed by atoms with van der Waals surface area (Å²) in [6, 6.07) is 16.3. The second-order valence-corrected chi connectivity index (χ2v) is 7.56. The van der Waals surface area contributed by atoms with Crippen molar-refractivity contribution in [1.82, 2.24) is 4.90 Å². The highest BCUT2D eigenvalue weighted by molar-refractivity contribution is 5.94. The van der Waals surface area contributed by atoms with Gasteiger partial charge >= 0.3 is 0 Å². The summed E-state index contributed by atoms with van der Waals surface area (Å²) in [6.45, 7) is 1.21. The standard InChI is InChI=1S/C23H26N2O3/c26-22-13-8-18-15-20(11-12-21(18)24-22)28-14-4-7-23(27)25(19-9-10-19)16-17-5-2-1-3-6-17/h1-3,5-6,11-12,15,19H,4,7-10,13-14,16H2,(H,24,26). The van der Waals surface area contributed by atoms with Crippen LogP contribution in [0.4, 0.5) is 5.69 Å². The zero-order valence-corrected chi connectivity index (χ0v) is 16.0. The predicted octanol–water partition coefficient (Wildman–Crippen LogP) is 3.92. The number of rotatable bonds is 8. The maximum Gasteiger partial charge on any atom is 0.224 e. The molecule has 2 aromatic carbocycles. The van der Waals surface area contributed by atoms with Crippen LogP contribution in [0.5, 0.6) is 5.75 Å². The molecule has 5 nitrogen and oxygen atoms in total. The summed E-state index contributed by atoms with van der Waals surface area (Å²) in [7, 11) is 0. The van der Waals surface area contributed by atoms with Gasteiger partial charge in [-0.15, -0.1) is 0 Å². The van der Waals surface area contributed by atoms with Gasteiger partial charge in [-0.1, -0.05) is 30.3 Å². The number of carbonyl (C=O) groups is 2. The third-order valence-corrected chi connectivity index (χ3v) is 5.28. The van der Waals surface area contributed by atoms with E-state index in [-0.39, 0.29) is 11.8 Å². The van der Waals surface area contributed by atoms with Gasteiger partial charge < -0.3 is 15.0 Å². The molecule has 0 unspecified atom stereocenters. The van der Waals surface area contributed by atoms with Gasteiger partial charge in [-0.2, -0.15) is 0 Å². The summed E-state index contributed by atoms with van der Waals surface area (Å²) < 4.78 is 5.84. The third-order valence-electron chi connectivity index (χ3n) is 5.28. The highest BCUT2D eigenvalue weighted by Gasteiger charge is 2.32. The van der Waals surface area contributed by atoms with Crippen molar-refractivity contribution in [3.05, 3.63) is 59.7 Å². The van der Waals surface area contributed by atoms with E-state index in [0.717, 1.165) is 36.3 Å². The number of carbonyl (C=O) groups excluding carboxylic acids is 2. The lowest BCUT2D eigenvalue weighted by atomic mass is 10.0. The molecule has 1 aliphatic heterocycles. The van der Waals surface area contributed by atoms with Gasteiger partial charge in [0.15, 0.2) is 0 Å². The Morgan fingerprint density at radius 3 is 2.71 bits per heavy atom. The molecule has 0 spiro atoms. The van der Waals surface area contributed by atoms with Crippen LogP contribution in [0.2, 0.25) is 0 Å². The van der Waals surface area contributed by atoms with Gasteiger partial charge in [0.1, 0.15) is 5.75 Å². The Balaban J connectivity index is 1.25. The summed E-state index contributed by atoms with van der Waals surface area (Å²) in [5.41, 5.74) is 3.16. The molecule has 0 atom stereocenters. The monoisotopic (exact) mass is 378 g/mol. The minimum absolute atomic E-state index is 0.0652. The average Bonchev–Trinajstić information content (AvgIpc) is 3.55. The van der Waals surface area contributed by atoms with Crippen molar-refractivity contribution in [1.29, 1.82) is 0 Å². The molecule has 2 aromatic rings. The smallest absolute Gasteiger partial charge is 0.224 e. The molecule has 146 valence electrons. The second kappa shape index (κ2) is 8.46. The normalized spacial score (nSPS) is 15.5. The van der Waals surface area contributed by atoms with Crippen molar-refractivity contribution < 1.29 is 14.3 Å². The Morgan fingerprint density at radius 2 is 1.93 bits per heavy atom. The first-order chi connectivity index (χ1) is 13.7. The zero-order valence-electron chi connectivity index (χ0n) is 16.0. The first-order valence-corrected chi connectivity index (χ1v) is 10.1. The van der Waals surface area contributed by atoms with Crippen molar-refractivity contribution >= 4 is 17.5 Å². The summed E-state index contributed by atoms with van der Waals surface area (Å²) in [5, 5.41) is 2.87. The number of nitrogens with one attached hydrogen (secondary N) is 1. The van der Waals surface area contributed by atoms with Crippen LogP contribution < -0.4 is 10.1 Å². The van der Waals surface area contributed by atoms with Crippen LogP contribution in [0.1, 0.15) is 43.2 Å². The van der Waals surface area contributed by atoms with E-state index >= 15 is 0 Å². The molecule has 1 saturated carbocycles. The van der Waals surface area contributed by atoms with E-state index in [2.05, 4.69) is 17.4 Å². The van der Waals surface area contributed by atoms with Crippen LogP contribution in [-0.2, 0) is 22.6 Å². The molecule has 2 amide bonds. The van der Waals surface area contributed by atoms with Crippen LogP contribution in [0.25, 0.3) is 0 Å². The van der Waals surface area contributed by atoms with Crippen LogP contribution in [0, 0.1) is 0 Å². The largest absolute Gasteiger partial charge is 0.494 e. The molecular formula is C23H26N2O3. The quantitative estimate of drug-likeness (QED) is 0.708. The van der Waals surface area contributed by atoms with E-state index in [1.807, 2.05) is 41.3 Å². The van der Waals surface area contributed by atoms with Crippen LogP contribution >= 0.6 is 0 Å². The summed E-state index contributed by atoms with van der Waals surface area (Å²) in [5.74, 6) is 1.07. The molecule has 1 aliphatic carbocycles. The van der Waals surface area contributed by atoms with Gasteiger partial charge in [-0.05, 0) is 55.0 Å². The summed E-state index contributed by atoms with van der Waals surface area (Å²) in [4.78, 5) is 26.1. The number of benzene rings is 2. The second-order valence-electron chi connectivity index (χ2n) is 7.56. The van der Waals surface area contributed by atoms with Crippen molar-refractivity contribution in [2.45, 2.75) is 51.1 Å². The molecule has 1 fully saturated rings. The number of ether oxygens (including phenoxy) is 1. The van der Waals surface area contributed by atoms with Crippen molar-refractivity contribution in [3.63, 3.8) is 0 Å². The Labute approximate surface area is 165 Å².